The van der Waals surface area contributed by atoms with Crippen molar-refractivity contribution in [1.82, 2.24) is 0 Å². The van der Waals surface area contributed by atoms with Crippen LogP contribution < -0.4 is 39.4 Å². The molecule has 0 atom stereocenters. The summed E-state index contributed by atoms with van der Waals surface area (Å²) >= 11 is 0. The Bertz CT molecular complexity index is 1050. The van der Waals surface area contributed by atoms with Gasteiger partial charge in [-0.3, -0.25) is 0 Å². The Kier molecular flexibility index (Phi) is 9.57. The molecule has 0 saturated carbocycles. The molecule has 0 aliphatic carbocycles. The molecule has 0 heterocycles. The van der Waals surface area contributed by atoms with Gasteiger partial charge in [0.1, 0.15) is 28.4 Å². The normalized spacial score (nSPS) is 9.33. The average Bonchev–Trinajstić information content (AvgIpc) is 2.69. The number of para-hydroxylation sites is 3. The molecule has 0 aliphatic heterocycles. The Morgan fingerprint density at radius 1 is 0.700 bits per heavy atom. The average molecular weight is 418 g/mol. The summed E-state index contributed by atoms with van der Waals surface area (Å²) in [5.41, 5.74) is -0.323. The molecule has 3 N–H and O–H groups in total. The fourth-order valence-corrected chi connectivity index (χ4v) is 2.18. The second-order valence-corrected chi connectivity index (χ2v) is 5.51. The molecule has 0 fully saturated rings. The summed E-state index contributed by atoms with van der Waals surface area (Å²) in [4.78, 5) is 33.0. The topological polar surface area (TPSA) is 144 Å². The van der Waals surface area contributed by atoms with Gasteiger partial charge in [0, 0.05) is 5.56 Å². The quantitative estimate of drug-likeness (QED) is 0.280. The van der Waals surface area contributed by atoms with E-state index in [9.17, 15) is 24.6 Å². The van der Waals surface area contributed by atoms with Crippen molar-refractivity contribution in [3.8, 4) is 17.2 Å². The van der Waals surface area contributed by atoms with Crippen molar-refractivity contribution in [2.24, 2.45) is 0 Å². The van der Waals surface area contributed by atoms with Crippen molar-refractivity contribution in [2.45, 2.75) is 0 Å². The first-order valence-electron chi connectivity index (χ1n) is 8.13. The molecule has 3 aromatic rings. The standard InChI is InChI=1S/C14H10O5.C7H6O3.Na/c15-11-7-3-1-5-9(11)14(18)19-12-8-4-2-6-10(12)13(16)17;8-6-4-2-1-3-5(6)7(9)10;/h1-8,15H,(H,16,17);1-4,8H,(H,9,10);/q;;+1/p-1. The van der Waals surface area contributed by atoms with E-state index in [1.807, 2.05) is 0 Å². The Labute approximate surface area is 193 Å². The number of carbonyl (C=O) groups excluding carboxylic acids is 2. The Morgan fingerprint density at radius 2 is 1.13 bits per heavy atom. The zero-order valence-electron chi connectivity index (χ0n) is 15.8. The van der Waals surface area contributed by atoms with Crippen molar-refractivity contribution in [3.63, 3.8) is 0 Å². The summed E-state index contributed by atoms with van der Waals surface area (Å²) in [6.07, 6.45) is 0. The largest absolute Gasteiger partial charge is 1.00 e. The van der Waals surface area contributed by atoms with Crippen LogP contribution in [0.1, 0.15) is 31.1 Å². The number of hydrogen-bond acceptors (Lipinski definition) is 7. The third-order valence-electron chi connectivity index (χ3n) is 3.57. The molecule has 9 heteroatoms. The van der Waals surface area contributed by atoms with Crippen molar-refractivity contribution < 1.29 is 69.1 Å². The van der Waals surface area contributed by atoms with Crippen LogP contribution in [0.15, 0.2) is 72.8 Å². The van der Waals surface area contributed by atoms with E-state index in [1.54, 1.807) is 24.3 Å². The zero-order valence-corrected chi connectivity index (χ0v) is 17.8. The van der Waals surface area contributed by atoms with E-state index in [0.29, 0.717) is 0 Å². The molecule has 3 aromatic carbocycles. The van der Waals surface area contributed by atoms with E-state index in [0.717, 1.165) is 0 Å². The maximum atomic E-state index is 11.8. The van der Waals surface area contributed by atoms with Crippen molar-refractivity contribution >= 4 is 17.9 Å². The number of aromatic carboxylic acids is 2. The molecule has 8 nitrogen and oxygen atoms in total. The summed E-state index contributed by atoms with van der Waals surface area (Å²) in [7, 11) is 0. The summed E-state index contributed by atoms with van der Waals surface area (Å²) in [5.74, 6) is -3.92. The number of carboxylic acid groups (broad SMARTS) is 2. The molecule has 0 bridgehead atoms. The van der Waals surface area contributed by atoms with Crippen LogP contribution in [0.3, 0.4) is 0 Å². The number of phenols is 2. The van der Waals surface area contributed by atoms with Crippen LogP contribution in [0.2, 0.25) is 0 Å². The molecule has 3 rings (SSSR count). The molecule has 0 saturated heterocycles. The molecular formula is C21H15NaO8. The molecule has 0 aliphatic rings. The number of carbonyl (C=O) groups is 3. The summed E-state index contributed by atoms with van der Waals surface area (Å²) in [5, 5.41) is 37.5. The van der Waals surface area contributed by atoms with Crippen molar-refractivity contribution in [3.05, 3.63) is 89.5 Å². The van der Waals surface area contributed by atoms with Crippen LogP contribution in [-0.2, 0) is 0 Å². The van der Waals surface area contributed by atoms with Gasteiger partial charge in [-0.05, 0) is 36.4 Å². The van der Waals surface area contributed by atoms with Gasteiger partial charge in [0.15, 0.2) is 0 Å². The number of aromatic hydroxyl groups is 2. The Morgan fingerprint density at radius 3 is 1.57 bits per heavy atom. The molecule has 0 unspecified atom stereocenters. The van der Waals surface area contributed by atoms with Gasteiger partial charge in [-0.15, -0.1) is 0 Å². The van der Waals surface area contributed by atoms with Gasteiger partial charge in [-0.2, -0.15) is 0 Å². The van der Waals surface area contributed by atoms with E-state index in [4.69, 9.17) is 14.9 Å². The van der Waals surface area contributed by atoms with Crippen LogP contribution in [0.25, 0.3) is 0 Å². The fourth-order valence-electron chi connectivity index (χ4n) is 2.18. The number of ether oxygens (including phenoxy) is 1. The number of hydrogen-bond donors (Lipinski definition) is 3. The molecule has 148 valence electrons. The number of carboxylic acids is 2. The molecule has 0 spiro atoms. The molecule has 30 heavy (non-hydrogen) atoms. The number of esters is 1. The van der Waals surface area contributed by atoms with Gasteiger partial charge >= 0.3 is 41.5 Å². The van der Waals surface area contributed by atoms with E-state index < -0.39 is 17.9 Å². The van der Waals surface area contributed by atoms with Crippen molar-refractivity contribution in [2.75, 3.05) is 0 Å². The van der Waals surface area contributed by atoms with E-state index in [1.165, 1.54) is 48.5 Å². The van der Waals surface area contributed by atoms with E-state index >= 15 is 0 Å². The Balaban J connectivity index is 0.000000348. The van der Waals surface area contributed by atoms with Crippen LogP contribution in [0.4, 0.5) is 0 Å². The second kappa shape index (κ2) is 11.6. The first-order valence-corrected chi connectivity index (χ1v) is 8.13. The molecule has 0 amide bonds. The third-order valence-corrected chi connectivity index (χ3v) is 3.57. The van der Waals surface area contributed by atoms with Gasteiger partial charge < -0.3 is 30.0 Å². The predicted molar refractivity (Wildman–Crippen MR) is 98.9 cm³/mol. The molecular weight excluding hydrogens is 403 g/mol. The minimum absolute atomic E-state index is 0. The first-order chi connectivity index (χ1) is 13.8. The Hall–Kier alpha value is -3.33. The number of phenolic OH excluding ortho intramolecular Hbond substituents is 1. The van der Waals surface area contributed by atoms with Gasteiger partial charge in [-0.1, -0.05) is 36.4 Å². The minimum Gasteiger partial charge on any atom is -0.545 e. The SMILES string of the molecule is O=C(Oc1ccccc1C(=O)O)c1ccccc1O.O=C([O-])c1ccccc1O.[Na+]. The maximum Gasteiger partial charge on any atom is 1.00 e. The van der Waals surface area contributed by atoms with Gasteiger partial charge in [0.05, 0.1) is 5.97 Å². The summed E-state index contributed by atoms with van der Waals surface area (Å²) < 4.78 is 4.99. The third kappa shape index (κ3) is 6.63. The van der Waals surface area contributed by atoms with Crippen LogP contribution in [0, 0.1) is 0 Å². The molecule has 0 aromatic heterocycles. The van der Waals surface area contributed by atoms with Crippen molar-refractivity contribution in [1.29, 1.82) is 0 Å². The maximum absolute atomic E-state index is 11.8. The monoisotopic (exact) mass is 418 g/mol. The van der Waals surface area contributed by atoms with Gasteiger partial charge in [0.2, 0.25) is 0 Å². The first kappa shape index (κ1) is 24.7. The fraction of sp³-hybridized carbons (Fsp3) is 0. The van der Waals surface area contributed by atoms with Gasteiger partial charge in [-0.25, -0.2) is 9.59 Å². The predicted octanol–water partition coefficient (Wildman–Crippen LogP) is -0.931. The second-order valence-electron chi connectivity index (χ2n) is 5.51. The van der Waals surface area contributed by atoms with Crippen LogP contribution >= 0.6 is 0 Å². The van der Waals surface area contributed by atoms with Gasteiger partial charge in [0.25, 0.3) is 0 Å². The zero-order chi connectivity index (χ0) is 21.4. The van der Waals surface area contributed by atoms with Crippen LogP contribution in [-0.4, -0.2) is 33.2 Å². The smallest absolute Gasteiger partial charge is 0.545 e. The van der Waals surface area contributed by atoms with E-state index in [-0.39, 0.29) is 63.5 Å². The summed E-state index contributed by atoms with van der Waals surface area (Å²) in [6, 6.07) is 17.3. The summed E-state index contributed by atoms with van der Waals surface area (Å²) in [6.45, 7) is 0. The number of rotatable bonds is 4. The number of benzene rings is 3. The van der Waals surface area contributed by atoms with Crippen LogP contribution in [0.5, 0.6) is 17.2 Å². The van der Waals surface area contributed by atoms with E-state index in [2.05, 4.69) is 0 Å². The minimum atomic E-state index is -1.36. The molecule has 0 radical (unpaired) electrons.